The van der Waals surface area contributed by atoms with Crippen LogP contribution >= 0.6 is 11.6 Å². The maximum atomic E-state index is 12.7. The number of benzene rings is 2. The van der Waals surface area contributed by atoms with Gasteiger partial charge in [-0.2, -0.15) is 0 Å². The lowest BCUT2D eigenvalue weighted by Gasteiger charge is -2.36. The third-order valence-corrected chi connectivity index (χ3v) is 4.82. The fourth-order valence-corrected chi connectivity index (χ4v) is 3.29. The molecule has 0 unspecified atom stereocenters. The minimum absolute atomic E-state index is 0.0369. The number of piperazine rings is 1. The van der Waals surface area contributed by atoms with Crippen LogP contribution in [0.1, 0.15) is 22.8 Å². The summed E-state index contributed by atoms with van der Waals surface area (Å²) in [4.78, 5) is 27.7. The third kappa shape index (κ3) is 4.35. The summed E-state index contributed by atoms with van der Waals surface area (Å²) in [5, 5.41) is 3.49. The second kappa shape index (κ2) is 8.23. The molecule has 0 bridgehead atoms. The van der Waals surface area contributed by atoms with Crippen molar-refractivity contribution in [3.8, 4) is 0 Å². The van der Waals surface area contributed by atoms with E-state index < -0.39 is 0 Å². The number of nitrogens with one attached hydrogen (secondary N) is 1. The van der Waals surface area contributed by atoms with Gasteiger partial charge in [0.25, 0.3) is 5.91 Å². The number of halogens is 1. The van der Waals surface area contributed by atoms with Crippen LogP contribution in [0.4, 0.5) is 5.69 Å². The zero-order valence-corrected chi connectivity index (χ0v) is 15.5. The first-order valence-electron chi connectivity index (χ1n) is 8.67. The van der Waals surface area contributed by atoms with Gasteiger partial charge < -0.3 is 15.1 Å². The molecule has 26 heavy (non-hydrogen) atoms. The van der Waals surface area contributed by atoms with Crippen LogP contribution in [0.15, 0.2) is 48.5 Å². The molecule has 0 aliphatic carbocycles. The van der Waals surface area contributed by atoms with E-state index >= 15 is 0 Å². The van der Waals surface area contributed by atoms with E-state index in [1.807, 2.05) is 53.4 Å². The SMILES string of the molecule is CC(=O)NCc1ccc(C(=O)N2CCN(c3ccccc3Cl)CC2)cc1. The molecule has 1 N–H and O–H groups in total. The van der Waals surface area contributed by atoms with Crippen LogP contribution in [-0.2, 0) is 11.3 Å². The summed E-state index contributed by atoms with van der Waals surface area (Å²) < 4.78 is 0. The minimum atomic E-state index is -0.0680. The average Bonchev–Trinajstić information content (AvgIpc) is 2.67. The largest absolute Gasteiger partial charge is 0.367 e. The molecule has 3 rings (SSSR count). The number of hydrogen-bond acceptors (Lipinski definition) is 3. The van der Waals surface area contributed by atoms with E-state index in [-0.39, 0.29) is 11.8 Å². The van der Waals surface area contributed by atoms with Gasteiger partial charge in [-0.15, -0.1) is 0 Å². The number of carbonyl (C=O) groups is 2. The van der Waals surface area contributed by atoms with Crippen LogP contribution < -0.4 is 10.2 Å². The van der Waals surface area contributed by atoms with E-state index in [0.717, 1.165) is 29.4 Å². The average molecular weight is 372 g/mol. The molecule has 2 aromatic carbocycles. The van der Waals surface area contributed by atoms with Gasteiger partial charge in [-0.1, -0.05) is 35.9 Å². The van der Waals surface area contributed by atoms with Gasteiger partial charge in [0, 0.05) is 45.2 Å². The lowest BCUT2D eigenvalue weighted by molar-refractivity contribution is -0.119. The summed E-state index contributed by atoms with van der Waals surface area (Å²) in [5.41, 5.74) is 2.66. The van der Waals surface area contributed by atoms with Crippen LogP contribution in [0.25, 0.3) is 0 Å². The fraction of sp³-hybridized carbons (Fsp3) is 0.300. The van der Waals surface area contributed by atoms with Crippen molar-refractivity contribution in [1.82, 2.24) is 10.2 Å². The van der Waals surface area contributed by atoms with Gasteiger partial charge >= 0.3 is 0 Å². The number of para-hydroxylation sites is 1. The molecule has 2 aromatic rings. The number of nitrogens with zero attached hydrogens (tertiary/aromatic N) is 2. The highest BCUT2D eigenvalue weighted by atomic mass is 35.5. The highest BCUT2D eigenvalue weighted by molar-refractivity contribution is 6.33. The summed E-state index contributed by atoms with van der Waals surface area (Å²) >= 11 is 6.26. The molecule has 136 valence electrons. The Kier molecular flexibility index (Phi) is 5.78. The maximum absolute atomic E-state index is 12.7. The third-order valence-electron chi connectivity index (χ3n) is 4.50. The maximum Gasteiger partial charge on any atom is 0.253 e. The molecule has 0 atom stereocenters. The number of anilines is 1. The molecule has 0 aromatic heterocycles. The Morgan fingerprint density at radius 3 is 2.27 bits per heavy atom. The Bertz CT molecular complexity index is 784. The van der Waals surface area contributed by atoms with Crippen molar-refractivity contribution in [2.45, 2.75) is 13.5 Å². The lowest BCUT2D eigenvalue weighted by atomic mass is 10.1. The van der Waals surface area contributed by atoms with Gasteiger partial charge in [-0.3, -0.25) is 9.59 Å². The number of hydrogen-bond donors (Lipinski definition) is 1. The number of rotatable bonds is 4. The zero-order valence-electron chi connectivity index (χ0n) is 14.7. The molecule has 1 saturated heterocycles. The summed E-state index contributed by atoms with van der Waals surface area (Å²) in [5.74, 6) is -0.0311. The smallest absolute Gasteiger partial charge is 0.253 e. The van der Waals surface area contributed by atoms with Crippen molar-refractivity contribution in [3.63, 3.8) is 0 Å². The van der Waals surface area contributed by atoms with Crippen LogP contribution in [0, 0.1) is 0 Å². The molecule has 1 aliphatic rings. The molecule has 5 nitrogen and oxygen atoms in total. The van der Waals surface area contributed by atoms with E-state index in [2.05, 4.69) is 10.2 Å². The molecule has 6 heteroatoms. The highest BCUT2D eigenvalue weighted by Crippen LogP contribution is 2.26. The molecule has 1 aliphatic heterocycles. The lowest BCUT2D eigenvalue weighted by Crippen LogP contribution is -2.48. The second-order valence-electron chi connectivity index (χ2n) is 6.34. The van der Waals surface area contributed by atoms with Crippen LogP contribution in [0.2, 0.25) is 5.02 Å². The van der Waals surface area contributed by atoms with Gasteiger partial charge in [-0.25, -0.2) is 0 Å². The Balaban J connectivity index is 1.58. The van der Waals surface area contributed by atoms with Crippen molar-refractivity contribution >= 4 is 29.1 Å². The normalized spacial score (nSPS) is 14.2. The quantitative estimate of drug-likeness (QED) is 0.899. The summed E-state index contributed by atoms with van der Waals surface area (Å²) in [7, 11) is 0. The molecular weight excluding hydrogens is 350 g/mol. The van der Waals surface area contributed by atoms with E-state index in [0.29, 0.717) is 25.2 Å². The van der Waals surface area contributed by atoms with Gasteiger partial charge in [-0.05, 0) is 29.8 Å². The Labute approximate surface area is 158 Å². The van der Waals surface area contributed by atoms with Crippen LogP contribution in [0.5, 0.6) is 0 Å². The standard InChI is InChI=1S/C20H22ClN3O2/c1-15(25)22-14-16-6-8-17(9-7-16)20(26)24-12-10-23(11-13-24)19-5-3-2-4-18(19)21/h2-9H,10-14H2,1H3,(H,22,25). The van der Waals surface area contributed by atoms with E-state index in [9.17, 15) is 9.59 Å². The second-order valence-corrected chi connectivity index (χ2v) is 6.74. The predicted octanol–water partition coefficient (Wildman–Crippen LogP) is 2.94. The Hall–Kier alpha value is -2.53. The highest BCUT2D eigenvalue weighted by Gasteiger charge is 2.23. The first-order valence-corrected chi connectivity index (χ1v) is 9.04. The first-order chi connectivity index (χ1) is 12.5. The molecule has 0 spiro atoms. The molecular formula is C20H22ClN3O2. The van der Waals surface area contributed by atoms with E-state index in [4.69, 9.17) is 11.6 Å². The van der Waals surface area contributed by atoms with Gasteiger partial charge in [0.05, 0.1) is 10.7 Å². The van der Waals surface area contributed by atoms with Crippen molar-refractivity contribution in [2.24, 2.45) is 0 Å². The van der Waals surface area contributed by atoms with Crippen molar-refractivity contribution in [3.05, 3.63) is 64.7 Å². The first kappa shape index (κ1) is 18.3. The van der Waals surface area contributed by atoms with Crippen molar-refractivity contribution in [1.29, 1.82) is 0 Å². The minimum Gasteiger partial charge on any atom is -0.367 e. The zero-order chi connectivity index (χ0) is 18.5. The van der Waals surface area contributed by atoms with E-state index in [1.165, 1.54) is 6.92 Å². The monoisotopic (exact) mass is 371 g/mol. The number of amides is 2. The van der Waals surface area contributed by atoms with E-state index in [1.54, 1.807) is 0 Å². The predicted molar refractivity (Wildman–Crippen MR) is 104 cm³/mol. The summed E-state index contributed by atoms with van der Waals surface area (Å²) in [6.07, 6.45) is 0. The Morgan fingerprint density at radius 1 is 1.00 bits per heavy atom. The fourth-order valence-electron chi connectivity index (χ4n) is 3.03. The molecule has 1 fully saturated rings. The van der Waals surface area contributed by atoms with Gasteiger partial charge in [0.2, 0.25) is 5.91 Å². The van der Waals surface area contributed by atoms with Crippen LogP contribution in [0.3, 0.4) is 0 Å². The van der Waals surface area contributed by atoms with Crippen molar-refractivity contribution in [2.75, 3.05) is 31.1 Å². The Morgan fingerprint density at radius 2 is 1.65 bits per heavy atom. The summed E-state index contributed by atoms with van der Waals surface area (Å²) in [6.45, 7) is 4.81. The molecule has 0 radical (unpaired) electrons. The topological polar surface area (TPSA) is 52.7 Å². The van der Waals surface area contributed by atoms with Gasteiger partial charge in [0.15, 0.2) is 0 Å². The molecule has 2 amide bonds. The van der Waals surface area contributed by atoms with Crippen molar-refractivity contribution < 1.29 is 9.59 Å². The molecule has 0 saturated carbocycles. The number of carbonyl (C=O) groups excluding carboxylic acids is 2. The summed E-state index contributed by atoms with van der Waals surface area (Å²) in [6, 6.07) is 15.2. The van der Waals surface area contributed by atoms with Gasteiger partial charge in [0.1, 0.15) is 0 Å². The molecule has 1 heterocycles. The van der Waals surface area contributed by atoms with Crippen LogP contribution in [-0.4, -0.2) is 42.9 Å².